The van der Waals surface area contributed by atoms with Crippen LogP contribution in [0.25, 0.3) is 0 Å². The zero-order chi connectivity index (χ0) is 22.4. The van der Waals surface area contributed by atoms with Gasteiger partial charge in [0.05, 0.1) is 11.5 Å². The summed E-state index contributed by atoms with van der Waals surface area (Å²) in [4.78, 5) is 2.56. The number of ether oxygens (including phenoxy) is 2. The van der Waals surface area contributed by atoms with Crippen molar-refractivity contribution in [2.45, 2.75) is 38.5 Å². The fourth-order valence-corrected chi connectivity index (χ4v) is 5.32. The van der Waals surface area contributed by atoms with Crippen LogP contribution in [-0.2, 0) is 10.0 Å². The normalized spacial score (nSPS) is 15.9. The van der Waals surface area contributed by atoms with Crippen molar-refractivity contribution in [3.63, 3.8) is 0 Å². The molecular formula is C24H34N2O4S. The standard InChI is InChI=1S/C24H34N2O4S/c1-5-29-21-6-9-23(10-7-21)31(27,28)26-14-12-25(13-15-26)16-17-30-22-8-11-24(19(2)3)20(4)18-22/h6-11,18-19H,5,12-17H2,1-4H3. The Labute approximate surface area is 186 Å². The van der Waals surface area contributed by atoms with Crippen molar-refractivity contribution in [3.8, 4) is 11.5 Å². The van der Waals surface area contributed by atoms with Gasteiger partial charge in [-0.25, -0.2) is 8.42 Å². The molecule has 0 saturated carbocycles. The molecule has 2 aromatic carbocycles. The minimum absolute atomic E-state index is 0.313. The average Bonchev–Trinajstić information content (AvgIpc) is 2.74. The number of hydrogen-bond donors (Lipinski definition) is 0. The average molecular weight is 447 g/mol. The maximum atomic E-state index is 12.9. The van der Waals surface area contributed by atoms with Crippen LogP contribution in [0.5, 0.6) is 11.5 Å². The smallest absolute Gasteiger partial charge is 0.243 e. The topological polar surface area (TPSA) is 59.1 Å². The zero-order valence-electron chi connectivity index (χ0n) is 19.0. The highest BCUT2D eigenvalue weighted by molar-refractivity contribution is 7.89. The molecule has 2 aromatic rings. The highest BCUT2D eigenvalue weighted by atomic mass is 32.2. The van der Waals surface area contributed by atoms with Gasteiger partial charge in [0.25, 0.3) is 0 Å². The van der Waals surface area contributed by atoms with Crippen LogP contribution >= 0.6 is 0 Å². The largest absolute Gasteiger partial charge is 0.494 e. The van der Waals surface area contributed by atoms with Gasteiger partial charge in [-0.15, -0.1) is 0 Å². The maximum Gasteiger partial charge on any atom is 0.243 e. The van der Waals surface area contributed by atoms with Crippen molar-refractivity contribution in [3.05, 3.63) is 53.6 Å². The maximum absolute atomic E-state index is 12.9. The molecule has 1 fully saturated rings. The Balaban J connectivity index is 1.47. The summed E-state index contributed by atoms with van der Waals surface area (Å²) in [5.74, 6) is 2.07. The second-order valence-electron chi connectivity index (χ2n) is 8.17. The number of aryl methyl sites for hydroxylation is 1. The number of benzene rings is 2. The van der Waals surface area contributed by atoms with E-state index in [1.54, 1.807) is 28.6 Å². The van der Waals surface area contributed by atoms with E-state index < -0.39 is 10.0 Å². The molecule has 0 unspecified atom stereocenters. The second-order valence-corrected chi connectivity index (χ2v) is 10.1. The van der Waals surface area contributed by atoms with Crippen LogP contribution in [-0.4, -0.2) is 63.6 Å². The summed E-state index contributed by atoms with van der Waals surface area (Å²) in [5.41, 5.74) is 2.60. The molecule has 3 rings (SSSR count). The minimum atomic E-state index is -3.48. The SMILES string of the molecule is CCOc1ccc(S(=O)(=O)N2CCN(CCOc3ccc(C(C)C)c(C)c3)CC2)cc1. The van der Waals surface area contributed by atoms with Gasteiger partial charge in [0, 0.05) is 32.7 Å². The van der Waals surface area contributed by atoms with Gasteiger partial charge in [-0.3, -0.25) is 4.90 Å². The molecule has 0 aliphatic carbocycles. The van der Waals surface area contributed by atoms with Gasteiger partial charge in [0.2, 0.25) is 10.0 Å². The van der Waals surface area contributed by atoms with Crippen LogP contribution in [0.4, 0.5) is 0 Å². The third-order valence-electron chi connectivity index (χ3n) is 5.64. The number of rotatable bonds is 9. The summed E-state index contributed by atoms with van der Waals surface area (Å²) < 4.78 is 38.7. The predicted molar refractivity (Wildman–Crippen MR) is 124 cm³/mol. The molecule has 1 aliphatic rings. The van der Waals surface area contributed by atoms with Crippen molar-refractivity contribution in [1.29, 1.82) is 0 Å². The summed E-state index contributed by atoms with van der Waals surface area (Å²) >= 11 is 0. The van der Waals surface area contributed by atoms with E-state index in [0.717, 1.165) is 12.3 Å². The first-order valence-electron chi connectivity index (χ1n) is 11.0. The number of nitrogens with zero attached hydrogens (tertiary/aromatic N) is 2. The van der Waals surface area contributed by atoms with Crippen LogP contribution in [0.1, 0.15) is 37.8 Å². The fraction of sp³-hybridized carbons (Fsp3) is 0.500. The van der Waals surface area contributed by atoms with E-state index in [1.807, 2.05) is 13.0 Å². The summed E-state index contributed by atoms with van der Waals surface area (Å²) in [5, 5.41) is 0. The third kappa shape index (κ3) is 5.99. The molecule has 31 heavy (non-hydrogen) atoms. The first-order valence-corrected chi connectivity index (χ1v) is 12.4. The zero-order valence-corrected chi connectivity index (χ0v) is 19.8. The molecule has 1 heterocycles. The van der Waals surface area contributed by atoms with E-state index in [4.69, 9.17) is 9.47 Å². The van der Waals surface area contributed by atoms with Crippen molar-refractivity contribution in [2.75, 3.05) is 45.9 Å². The molecule has 1 saturated heterocycles. The van der Waals surface area contributed by atoms with Crippen molar-refractivity contribution < 1.29 is 17.9 Å². The molecular weight excluding hydrogens is 412 g/mol. The van der Waals surface area contributed by atoms with E-state index in [2.05, 4.69) is 37.8 Å². The van der Waals surface area contributed by atoms with E-state index in [-0.39, 0.29) is 0 Å². The van der Waals surface area contributed by atoms with Gasteiger partial charge in [0.1, 0.15) is 18.1 Å². The van der Waals surface area contributed by atoms with Crippen molar-refractivity contribution in [1.82, 2.24) is 9.21 Å². The highest BCUT2D eigenvalue weighted by Crippen LogP contribution is 2.24. The van der Waals surface area contributed by atoms with Crippen LogP contribution in [0.3, 0.4) is 0 Å². The van der Waals surface area contributed by atoms with Gasteiger partial charge < -0.3 is 9.47 Å². The second kappa shape index (κ2) is 10.5. The Morgan fingerprint density at radius 2 is 1.58 bits per heavy atom. The fourth-order valence-electron chi connectivity index (χ4n) is 3.90. The first-order chi connectivity index (χ1) is 14.8. The molecule has 1 aliphatic heterocycles. The van der Waals surface area contributed by atoms with Crippen LogP contribution in [0.2, 0.25) is 0 Å². The van der Waals surface area contributed by atoms with Crippen LogP contribution in [0.15, 0.2) is 47.4 Å². The molecule has 0 N–H and O–H groups in total. The van der Waals surface area contributed by atoms with Gasteiger partial charge in [0.15, 0.2) is 0 Å². The Bertz CT molecular complexity index is 950. The van der Waals surface area contributed by atoms with Crippen LogP contribution < -0.4 is 9.47 Å². The molecule has 0 radical (unpaired) electrons. The monoisotopic (exact) mass is 446 g/mol. The minimum Gasteiger partial charge on any atom is -0.494 e. The molecule has 0 amide bonds. The first kappa shape index (κ1) is 23.6. The summed E-state index contributed by atoms with van der Waals surface area (Å²) in [6, 6.07) is 12.9. The molecule has 0 aromatic heterocycles. The Morgan fingerprint density at radius 1 is 0.935 bits per heavy atom. The third-order valence-corrected chi connectivity index (χ3v) is 7.56. The Kier molecular flexibility index (Phi) is 7.97. The number of sulfonamides is 1. The van der Waals surface area contributed by atoms with Gasteiger partial charge in [-0.05, 0) is 67.3 Å². The predicted octanol–water partition coefficient (Wildman–Crippen LogP) is 3.90. The van der Waals surface area contributed by atoms with Gasteiger partial charge in [-0.2, -0.15) is 4.31 Å². The van der Waals surface area contributed by atoms with E-state index >= 15 is 0 Å². The van der Waals surface area contributed by atoms with E-state index in [1.165, 1.54) is 11.1 Å². The van der Waals surface area contributed by atoms with Gasteiger partial charge >= 0.3 is 0 Å². The Morgan fingerprint density at radius 3 is 2.16 bits per heavy atom. The Hall–Kier alpha value is -2.09. The number of hydrogen-bond acceptors (Lipinski definition) is 5. The molecule has 0 atom stereocenters. The summed E-state index contributed by atoms with van der Waals surface area (Å²) in [6.07, 6.45) is 0. The van der Waals surface area contributed by atoms with Crippen molar-refractivity contribution >= 4 is 10.0 Å². The quantitative estimate of drug-likeness (QED) is 0.585. The molecule has 0 bridgehead atoms. The lowest BCUT2D eigenvalue weighted by molar-refractivity contribution is 0.159. The summed E-state index contributed by atoms with van der Waals surface area (Å²) in [7, 11) is -3.48. The summed E-state index contributed by atoms with van der Waals surface area (Å²) in [6.45, 7) is 12.7. The van der Waals surface area contributed by atoms with Crippen molar-refractivity contribution in [2.24, 2.45) is 0 Å². The highest BCUT2D eigenvalue weighted by Gasteiger charge is 2.28. The van der Waals surface area contributed by atoms with Crippen LogP contribution in [0, 0.1) is 6.92 Å². The lowest BCUT2D eigenvalue weighted by Crippen LogP contribution is -2.49. The van der Waals surface area contributed by atoms with Gasteiger partial charge in [-0.1, -0.05) is 19.9 Å². The molecule has 6 nitrogen and oxygen atoms in total. The van der Waals surface area contributed by atoms with E-state index in [0.29, 0.717) is 56.0 Å². The molecule has 170 valence electrons. The molecule has 0 spiro atoms. The molecule has 7 heteroatoms. The lowest BCUT2D eigenvalue weighted by Gasteiger charge is -2.33. The number of piperazine rings is 1. The lowest BCUT2D eigenvalue weighted by atomic mass is 9.98. The van der Waals surface area contributed by atoms with E-state index in [9.17, 15) is 8.42 Å².